The summed E-state index contributed by atoms with van der Waals surface area (Å²) in [7, 11) is 0. The molecule has 1 aromatic carbocycles. The van der Waals surface area contributed by atoms with Crippen molar-refractivity contribution >= 4 is 16.9 Å². The minimum absolute atomic E-state index is 0.218. The third-order valence-electron chi connectivity index (χ3n) is 4.70. The molecule has 2 aromatic heterocycles. The van der Waals surface area contributed by atoms with Crippen molar-refractivity contribution in [1.82, 2.24) is 14.8 Å². The lowest BCUT2D eigenvalue weighted by atomic mass is 9.91. The number of aromatic nitrogens is 3. The Morgan fingerprint density at radius 2 is 2.08 bits per heavy atom. The summed E-state index contributed by atoms with van der Waals surface area (Å²) in [6.07, 6.45) is 2.00. The molecule has 0 amide bonds. The zero-order valence-corrected chi connectivity index (χ0v) is 13.9. The number of ether oxygens (including phenoxy) is 1. The molecule has 0 bridgehead atoms. The highest BCUT2D eigenvalue weighted by Gasteiger charge is 2.20. The third kappa shape index (κ3) is 3.02. The Bertz CT molecular complexity index is 922. The molecule has 1 N–H and O–H groups in total. The Hall–Kier alpha value is -2.67. The number of aromatic carboxylic acids is 1. The minimum atomic E-state index is -0.972. The quantitative estimate of drug-likeness (QED) is 0.784. The first kappa shape index (κ1) is 15.8. The van der Waals surface area contributed by atoms with Crippen LogP contribution < -0.4 is 0 Å². The molecule has 3 aromatic rings. The largest absolute Gasteiger partial charge is 0.477 e. The lowest BCUT2D eigenvalue weighted by Gasteiger charge is -2.22. The van der Waals surface area contributed by atoms with E-state index in [1.165, 1.54) is 5.56 Å². The van der Waals surface area contributed by atoms with E-state index in [1.54, 1.807) is 17.6 Å². The van der Waals surface area contributed by atoms with Gasteiger partial charge in [-0.2, -0.15) is 0 Å². The summed E-state index contributed by atoms with van der Waals surface area (Å²) < 4.78 is 12.5. The maximum Gasteiger partial charge on any atom is 0.352 e. The summed E-state index contributed by atoms with van der Waals surface area (Å²) in [6, 6.07) is 7.87. The molecule has 25 heavy (non-hydrogen) atoms. The maximum atomic E-state index is 11.7. The predicted molar refractivity (Wildman–Crippen MR) is 89.8 cm³/mol. The van der Waals surface area contributed by atoms with Crippen molar-refractivity contribution in [1.29, 1.82) is 0 Å². The van der Waals surface area contributed by atoms with E-state index in [2.05, 4.69) is 22.3 Å². The van der Waals surface area contributed by atoms with Crippen LogP contribution >= 0.6 is 0 Å². The Labute approximate surface area is 144 Å². The number of hydrogen-bond acceptors (Lipinski definition) is 5. The van der Waals surface area contributed by atoms with Crippen molar-refractivity contribution in [2.45, 2.75) is 32.2 Å². The fourth-order valence-corrected chi connectivity index (χ4v) is 3.46. The lowest BCUT2D eigenvalue weighted by molar-refractivity contribution is 0.0686. The standard InChI is InChI=1S/C18H19N3O4/c1-11-19-20-17(25-11)10-21-15-3-2-13(12-4-6-24-7-5-12)8-14(15)9-16(21)18(22)23/h2-3,8-9,12H,4-7,10H2,1H3,(H,22,23). The number of aryl methyl sites for hydroxylation is 1. The predicted octanol–water partition coefficient (Wildman–Crippen LogP) is 2.97. The fourth-order valence-electron chi connectivity index (χ4n) is 3.46. The van der Waals surface area contributed by atoms with Gasteiger partial charge in [0.1, 0.15) is 12.2 Å². The van der Waals surface area contributed by atoms with Gasteiger partial charge in [-0.25, -0.2) is 4.79 Å². The van der Waals surface area contributed by atoms with Gasteiger partial charge in [-0.05, 0) is 42.5 Å². The van der Waals surface area contributed by atoms with Crippen LogP contribution in [0.1, 0.15) is 46.6 Å². The number of fused-ring (bicyclic) bond motifs is 1. The van der Waals surface area contributed by atoms with E-state index in [9.17, 15) is 9.90 Å². The Morgan fingerprint density at radius 3 is 2.76 bits per heavy atom. The van der Waals surface area contributed by atoms with Crippen LogP contribution in [0.4, 0.5) is 0 Å². The summed E-state index contributed by atoms with van der Waals surface area (Å²) in [5.74, 6) is 0.351. The molecule has 4 rings (SSSR count). The number of rotatable bonds is 4. The van der Waals surface area contributed by atoms with Crippen LogP contribution in [-0.2, 0) is 11.3 Å². The topological polar surface area (TPSA) is 90.4 Å². The smallest absolute Gasteiger partial charge is 0.352 e. The second-order valence-corrected chi connectivity index (χ2v) is 6.34. The van der Waals surface area contributed by atoms with E-state index in [0.717, 1.165) is 37.0 Å². The first-order valence-electron chi connectivity index (χ1n) is 8.35. The van der Waals surface area contributed by atoms with Crippen molar-refractivity contribution in [3.63, 3.8) is 0 Å². The molecule has 0 aliphatic carbocycles. The molecule has 0 radical (unpaired) electrons. The highest BCUT2D eigenvalue weighted by Crippen LogP contribution is 2.31. The third-order valence-corrected chi connectivity index (χ3v) is 4.70. The fraction of sp³-hybridized carbons (Fsp3) is 0.389. The molecule has 7 heteroatoms. The van der Waals surface area contributed by atoms with Gasteiger partial charge in [-0.15, -0.1) is 10.2 Å². The van der Waals surface area contributed by atoms with Crippen LogP contribution in [0.3, 0.4) is 0 Å². The van der Waals surface area contributed by atoms with E-state index in [-0.39, 0.29) is 12.2 Å². The van der Waals surface area contributed by atoms with Crippen LogP contribution in [0.2, 0.25) is 0 Å². The molecule has 7 nitrogen and oxygen atoms in total. The monoisotopic (exact) mass is 341 g/mol. The van der Waals surface area contributed by atoms with E-state index in [4.69, 9.17) is 9.15 Å². The molecule has 0 saturated carbocycles. The van der Waals surface area contributed by atoms with Crippen LogP contribution in [0.25, 0.3) is 10.9 Å². The van der Waals surface area contributed by atoms with Gasteiger partial charge in [0.25, 0.3) is 0 Å². The number of carboxylic acid groups (broad SMARTS) is 1. The molecule has 1 aliphatic rings. The van der Waals surface area contributed by atoms with Crippen molar-refractivity contribution < 1.29 is 19.1 Å². The zero-order valence-electron chi connectivity index (χ0n) is 13.9. The van der Waals surface area contributed by atoms with Gasteiger partial charge in [-0.1, -0.05) is 6.07 Å². The average Bonchev–Trinajstić information content (AvgIpc) is 3.19. The first-order valence-corrected chi connectivity index (χ1v) is 8.35. The molecular formula is C18H19N3O4. The maximum absolute atomic E-state index is 11.7. The summed E-state index contributed by atoms with van der Waals surface area (Å²) >= 11 is 0. The number of hydrogen-bond donors (Lipinski definition) is 1. The van der Waals surface area contributed by atoms with Crippen LogP contribution in [0.15, 0.2) is 28.7 Å². The summed E-state index contributed by atoms with van der Waals surface area (Å²) in [4.78, 5) is 11.7. The van der Waals surface area contributed by atoms with Crippen molar-refractivity contribution in [3.8, 4) is 0 Å². The van der Waals surface area contributed by atoms with Crippen LogP contribution in [-0.4, -0.2) is 39.1 Å². The first-order chi connectivity index (χ1) is 12.1. The Balaban J connectivity index is 1.75. The van der Waals surface area contributed by atoms with E-state index in [0.29, 0.717) is 17.7 Å². The molecular weight excluding hydrogens is 322 g/mol. The highest BCUT2D eigenvalue weighted by molar-refractivity contribution is 5.95. The van der Waals surface area contributed by atoms with Gasteiger partial charge in [-0.3, -0.25) is 0 Å². The van der Waals surface area contributed by atoms with Crippen molar-refractivity contribution in [3.05, 3.63) is 47.3 Å². The molecule has 130 valence electrons. The summed E-state index contributed by atoms with van der Waals surface area (Å²) in [5.41, 5.74) is 2.30. The van der Waals surface area contributed by atoms with Gasteiger partial charge in [0.05, 0.1) is 0 Å². The average molecular weight is 341 g/mol. The van der Waals surface area contributed by atoms with Crippen LogP contribution in [0.5, 0.6) is 0 Å². The Morgan fingerprint density at radius 1 is 1.28 bits per heavy atom. The second kappa shape index (κ2) is 6.33. The molecule has 1 saturated heterocycles. The van der Waals surface area contributed by atoms with Gasteiger partial charge in [0.2, 0.25) is 11.8 Å². The minimum Gasteiger partial charge on any atom is -0.477 e. The molecule has 1 fully saturated rings. The van der Waals surface area contributed by atoms with Gasteiger partial charge in [0.15, 0.2) is 0 Å². The van der Waals surface area contributed by atoms with Crippen LogP contribution in [0, 0.1) is 6.92 Å². The van der Waals surface area contributed by atoms with Gasteiger partial charge < -0.3 is 18.8 Å². The molecule has 0 unspecified atom stereocenters. The lowest BCUT2D eigenvalue weighted by Crippen LogP contribution is -2.14. The van der Waals surface area contributed by atoms with E-state index >= 15 is 0 Å². The van der Waals surface area contributed by atoms with Crippen molar-refractivity contribution in [2.24, 2.45) is 0 Å². The van der Waals surface area contributed by atoms with Gasteiger partial charge >= 0.3 is 5.97 Å². The number of carbonyl (C=O) groups is 1. The molecule has 0 spiro atoms. The molecule has 0 atom stereocenters. The number of benzene rings is 1. The SMILES string of the molecule is Cc1nnc(Cn2c(C(=O)O)cc3cc(C4CCOCC4)ccc32)o1. The number of carboxylic acids is 1. The highest BCUT2D eigenvalue weighted by atomic mass is 16.5. The van der Waals surface area contributed by atoms with E-state index < -0.39 is 5.97 Å². The number of nitrogens with zero attached hydrogens (tertiary/aromatic N) is 3. The van der Waals surface area contributed by atoms with Crippen molar-refractivity contribution in [2.75, 3.05) is 13.2 Å². The summed E-state index contributed by atoms with van der Waals surface area (Å²) in [5, 5.41) is 18.3. The van der Waals surface area contributed by atoms with Gasteiger partial charge in [0, 0.05) is 31.0 Å². The second-order valence-electron chi connectivity index (χ2n) is 6.34. The summed E-state index contributed by atoms with van der Waals surface area (Å²) in [6.45, 7) is 3.51. The molecule has 1 aliphatic heterocycles. The van der Waals surface area contributed by atoms with E-state index in [1.807, 2.05) is 6.07 Å². The molecule has 3 heterocycles. The normalized spacial score (nSPS) is 15.7. The zero-order chi connectivity index (χ0) is 17.4. The Kier molecular flexibility index (Phi) is 4.01.